The van der Waals surface area contributed by atoms with Gasteiger partial charge in [-0.2, -0.15) is 0 Å². The van der Waals surface area contributed by atoms with Gasteiger partial charge in [-0.25, -0.2) is 4.98 Å². The van der Waals surface area contributed by atoms with E-state index in [1.165, 1.54) is 6.42 Å². The maximum absolute atomic E-state index is 12.2. The minimum absolute atomic E-state index is 0.0963. The average molecular weight is 344 g/mol. The molecule has 126 valence electrons. The Morgan fingerprint density at radius 3 is 2.62 bits per heavy atom. The van der Waals surface area contributed by atoms with Crippen molar-refractivity contribution in [3.05, 3.63) is 53.2 Å². The highest BCUT2D eigenvalue weighted by molar-refractivity contribution is 6.31. The number of amides is 1. The molecule has 0 unspecified atom stereocenters. The zero-order valence-corrected chi connectivity index (χ0v) is 14.4. The largest absolute Gasteiger partial charge is 0.380 e. The smallest absolute Gasteiger partial charge is 0.228 e. The highest BCUT2D eigenvalue weighted by atomic mass is 35.5. The third kappa shape index (κ3) is 4.48. The minimum atomic E-state index is 0.0963. The second kappa shape index (κ2) is 8.15. The van der Waals surface area contributed by atoms with Gasteiger partial charge in [0.1, 0.15) is 5.82 Å². The van der Waals surface area contributed by atoms with Crippen LogP contribution in [0.1, 0.15) is 37.7 Å². The Kier molecular flexibility index (Phi) is 5.70. The number of nitrogens with one attached hydrogen (secondary N) is 2. The third-order valence-electron chi connectivity index (χ3n) is 4.43. The summed E-state index contributed by atoms with van der Waals surface area (Å²) in [6, 6.07) is 11.5. The van der Waals surface area contributed by atoms with E-state index in [1.807, 2.05) is 36.4 Å². The molecule has 0 bridgehead atoms. The van der Waals surface area contributed by atoms with E-state index < -0.39 is 0 Å². The van der Waals surface area contributed by atoms with Crippen molar-refractivity contribution >= 4 is 29.0 Å². The number of halogens is 1. The first-order valence-corrected chi connectivity index (χ1v) is 8.84. The molecule has 1 fully saturated rings. The van der Waals surface area contributed by atoms with Gasteiger partial charge < -0.3 is 10.6 Å². The van der Waals surface area contributed by atoms with Crippen molar-refractivity contribution in [2.45, 2.75) is 38.6 Å². The van der Waals surface area contributed by atoms with Crippen LogP contribution in [0.5, 0.6) is 0 Å². The van der Waals surface area contributed by atoms with E-state index in [1.54, 1.807) is 6.20 Å². The van der Waals surface area contributed by atoms with Crippen molar-refractivity contribution in [2.24, 2.45) is 5.92 Å². The van der Waals surface area contributed by atoms with Crippen molar-refractivity contribution in [1.82, 2.24) is 4.98 Å². The fourth-order valence-corrected chi connectivity index (χ4v) is 3.21. The standard InChI is InChI=1S/C19H22ClN3O/c20-17-9-5-4-8-15(17)12-21-16-10-11-18(22-13-16)23-19(24)14-6-2-1-3-7-14/h4-5,8-11,13-14,21H,1-3,6-7,12H2,(H,22,23,24). The Balaban J connectivity index is 1.53. The van der Waals surface area contributed by atoms with E-state index in [-0.39, 0.29) is 11.8 Å². The first-order chi connectivity index (χ1) is 11.7. The van der Waals surface area contributed by atoms with E-state index in [2.05, 4.69) is 15.6 Å². The molecule has 0 aliphatic heterocycles. The number of carbonyl (C=O) groups is 1. The van der Waals surface area contributed by atoms with Gasteiger partial charge in [0, 0.05) is 17.5 Å². The maximum atomic E-state index is 12.2. The number of benzene rings is 1. The van der Waals surface area contributed by atoms with Gasteiger partial charge in [-0.1, -0.05) is 49.1 Å². The molecule has 1 aromatic heterocycles. The summed E-state index contributed by atoms with van der Waals surface area (Å²) < 4.78 is 0. The molecule has 0 atom stereocenters. The number of anilines is 2. The first-order valence-electron chi connectivity index (χ1n) is 8.46. The lowest BCUT2D eigenvalue weighted by atomic mass is 9.89. The molecule has 5 heteroatoms. The summed E-state index contributed by atoms with van der Waals surface area (Å²) in [5.74, 6) is 0.839. The van der Waals surface area contributed by atoms with Crippen LogP contribution in [0.2, 0.25) is 5.02 Å². The van der Waals surface area contributed by atoms with Gasteiger partial charge in [0.15, 0.2) is 0 Å². The number of rotatable bonds is 5. The van der Waals surface area contributed by atoms with Crippen molar-refractivity contribution < 1.29 is 4.79 Å². The number of aromatic nitrogens is 1. The van der Waals surface area contributed by atoms with E-state index in [4.69, 9.17) is 11.6 Å². The monoisotopic (exact) mass is 343 g/mol. The van der Waals surface area contributed by atoms with E-state index in [0.29, 0.717) is 12.4 Å². The van der Waals surface area contributed by atoms with Crippen LogP contribution in [0, 0.1) is 5.92 Å². The van der Waals surface area contributed by atoms with E-state index in [0.717, 1.165) is 42.0 Å². The molecule has 0 saturated heterocycles. The maximum Gasteiger partial charge on any atom is 0.228 e. The highest BCUT2D eigenvalue weighted by Crippen LogP contribution is 2.25. The molecule has 0 spiro atoms. The van der Waals surface area contributed by atoms with Crippen LogP contribution in [-0.4, -0.2) is 10.9 Å². The summed E-state index contributed by atoms with van der Waals surface area (Å²) >= 11 is 6.14. The molecule has 1 aromatic carbocycles. The molecule has 2 N–H and O–H groups in total. The van der Waals surface area contributed by atoms with Crippen LogP contribution in [0.15, 0.2) is 42.6 Å². The van der Waals surface area contributed by atoms with E-state index in [9.17, 15) is 4.79 Å². The Morgan fingerprint density at radius 2 is 1.92 bits per heavy atom. The van der Waals surface area contributed by atoms with Crippen LogP contribution in [-0.2, 0) is 11.3 Å². The lowest BCUT2D eigenvalue weighted by molar-refractivity contribution is -0.120. The SMILES string of the molecule is O=C(Nc1ccc(NCc2ccccc2Cl)cn1)C1CCCCC1. The Morgan fingerprint density at radius 1 is 1.12 bits per heavy atom. The Labute approximate surface area is 147 Å². The highest BCUT2D eigenvalue weighted by Gasteiger charge is 2.21. The quantitative estimate of drug-likeness (QED) is 0.814. The molecule has 1 heterocycles. The molecule has 1 amide bonds. The molecular weight excluding hydrogens is 322 g/mol. The lowest BCUT2D eigenvalue weighted by Crippen LogP contribution is -2.25. The number of hydrogen-bond donors (Lipinski definition) is 2. The summed E-state index contributed by atoms with van der Waals surface area (Å²) in [4.78, 5) is 16.5. The number of nitrogens with zero attached hydrogens (tertiary/aromatic N) is 1. The van der Waals surface area contributed by atoms with Crippen molar-refractivity contribution in [2.75, 3.05) is 10.6 Å². The van der Waals surface area contributed by atoms with Crippen LogP contribution < -0.4 is 10.6 Å². The summed E-state index contributed by atoms with van der Waals surface area (Å²) in [5.41, 5.74) is 1.93. The number of pyridine rings is 1. The molecule has 2 aromatic rings. The normalized spacial score (nSPS) is 15.0. The van der Waals surface area contributed by atoms with Gasteiger partial charge in [-0.05, 0) is 36.6 Å². The molecule has 1 aliphatic carbocycles. The van der Waals surface area contributed by atoms with E-state index >= 15 is 0 Å². The van der Waals surface area contributed by atoms with Crippen molar-refractivity contribution in [3.63, 3.8) is 0 Å². The number of carbonyl (C=O) groups excluding carboxylic acids is 1. The molecule has 0 radical (unpaired) electrons. The van der Waals surface area contributed by atoms with Crippen molar-refractivity contribution in [3.8, 4) is 0 Å². The fourth-order valence-electron chi connectivity index (χ4n) is 3.00. The average Bonchev–Trinajstić information content (AvgIpc) is 2.63. The molecule has 24 heavy (non-hydrogen) atoms. The molecule has 4 nitrogen and oxygen atoms in total. The second-order valence-corrected chi connectivity index (χ2v) is 6.61. The van der Waals surface area contributed by atoms with Crippen LogP contribution in [0.25, 0.3) is 0 Å². The summed E-state index contributed by atoms with van der Waals surface area (Å²) in [6.45, 7) is 0.634. The zero-order chi connectivity index (χ0) is 16.8. The lowest BCUT2D eigenvalue weighted by Gasteiger charge is -2.20. The Hall–Kier alpha value is -2.07. The summed E-state index contributed by atoms with van der Waals surface area (Å²) in [7, 11) is 0. The summed E-state index contributed by atoms with van der Waals surface area (Å²) in [5, 5.41) is 6.95. The molecular formula is C19H22ClN3O. The molecule has 3 rings (SSSR count). The summed E-state index contributed by atoms with van der Waals surface area (Å²) in [6.07, 6.45) is 7.25. The van der Waals surface area contributed by atoms with Gasteiger partial charge in [-0.15, -0.1) is 0 Å². The predicted octanol–water partition coefficient (Wildman–Crippen LogP) is 4.87. The molecule has 1 aliphatic rings. The second-order valence-electron chi connectivity index (χ2n) is 6.20. The third-order valence-corrected chi connectivity index (χ3v) is 4.80. The fraction of sp³-hybridized carbons (Fsp3) is 0.368. The topological polar surface area (TPSA) is 54.0 Å². The molecule has 1 saturated carbocycles. The predicted molar refractivity (Wildman–Crippen MR) is 98.2 cm³/mol. The van der Waals surface area contributed by atoms with Crippen LogP contribution in [0.3, 0.4) is 0 Å². The van der Waals surface area contributed by atoms with Gasteiger partial charge in [0.2, 0.25) is 5.91 Å². The first kappa shape index (κ1) is 16.8. The van der Waals surface area contributed by atoms with Crippen LogP contribution in [0.4, 0.5) is 11.5 Å². The van der Waals surface area contributed by atoms with Gasteiger partial charge in [-0.3, -0.25) is 4.79 Å². The Bertz CT molecular complexity index is 681. The van der Waals surface area contributed by atoms with Crippen molar-refractivity contribution in [1.29, 1.82) is 0 Å². The van der Waals surface area contributed by atoms with Gasteiger partial charge >= 0.3 is 0 Å². The van der Waals surface area contributed by atoms with Gasteiger partial charge in [0.25, 0.3) is 0 Å². The van der Waals surface area contributed by atoms with Crippen LogP contribution >= 0.6 is 11.6 Å². The zero-order valence-electron chi connectivity index (χ0n) is 13.6. The minimum Gasteiger partial charge on any atom is -0.380 e. The number of hydrogen-bond acceptors (Lipinski definition) is 3. The van der Waals surface area contributed by atoms with Gasteiger partial charge in [0.05, 0.1) is 11.9 Å².